The zero-order valence-electron chi connectivity index (χ0n) is 10.8. The highest BCUT2D eigenvalue weighted by Crippen LogP contribution is 2.14. The molecule has 0 aromatic rings. The van der Waals surface area contributed by atoms with Crippen LogP contribution in [0.3, 0.4) is 0 Å². The van der Waals surface area contributed by atoms with Crippen LogP contribution in [0, 0.1) is 0 Å². The van der Waals surface area contributed by atoms with Gasteiger partial charge in [-0.2, -0.15) is 0 Å². The molecule has 1 atom stereocenters. The van der Waals surface area contributed by atoms with E-state index in [4.69, 9.17) is 9.84 Å². The molecular weight excluding hydrogens is 202 g/mol. The van der Waals surface area contributed by atoms with Gasteiger partial charge in [0.15, 0.2) is 0 Å². The van der Waals surface area contributed by atoms with Crippen molar-refractivity contribution in [2.75, 3.05) is 26.2 Å². The molecule has 1 aliphatic rings. The normalized spacial score (nSPS) is 21.2. The minimum atomic E-state index is -0.135. The van der Waals surface area contributed by atoms with Crippen LogP contribution in [0.2, 0.25) is 0 Å². The molecule has 0 aromatic heterocycles. The average Bonchev–Trinajstić information content (AvgIpc) is 2.27. The number of piperidine rings is 1. The Hall–Kier alpha value is -0.120. The summed E-state index contributed by atoms with van der Waals surface area (Å²) < 4.78 is 5.63. The van der Waals surface area contributed by atoms with E-state index in [1.807, 2.05) is 6.92 Å². The third-order valence-electron chi connectivity index (χ3n) is 3.28. The van der Waals surface area contributed by atoms with Gasteiger partial charge in [0, 0.05) is 19.7 Å². The van der Waals surface area contributed by atoms with Crippen molar-refractivity contribution < 1.29 is 9.84 Å². The van der Waals surface area contributed by atoms with Gasteiger partial charge < -0.3 is 14.7 Å². The number of unbranched alkanes of at least 4 members (excludes halogenated alkanes) is 1. The Balaban J connectivity index is 1.99. The van der Waals surface area contributed by atoms with Gasteiger partial charge in [-0.25, -0.2) is 0 Å². The molecule has 3 nitrogen and oxygen atoms in total. The number of hydrogen-bond donors (Lipinski definition) is 1. The van der Waals surface area contributed by atoms with E-state index >= 15 is 0 Å². The van der Waals surface area contributed by atoms with Crippen LogP contribution in [0.5, 0.6) is 0 Å². The molecular formula is C13H27NO2. The van der Waals surface area contributed by atoms with Crippen molar-refractivity contribution in [2.45, 2.75) is 58.2 Å². The van der Waals surface area contributed by atoms with Crippen LogP contribution in [0.1, 0.15) is 46.0 Å². The fourth-order valence-corrected chi connectivity index (χ4v) is 2.31. The molecule has 0 aromatic carbocycles. The highest BCUT2D eigenvalue weighted by atomic mass is 16.5. The van der Waals surface area contributed by atoms with E-state index in [2.05, 4.69) is 11.8 Å². The van der Waals surface area contributed by atoms with Crippen molar-refractivity contribution >= 4 is 0 Å². The molecule has 1 unspecified atom stereocenters. The lowest BCUT2D eigenvalue weighted by atomic mass is 10.1. The van der Waals surface area contributed by atoms with Crippen molar-refractivity contribution in [1.29, 1.82) is 0 Å². The highest BCUT2D eigenvalue weighted by Gasteiger charge is 2.18. The molecule has 1 saturated heterocycles. The van der Waals surface area contributed by atoms with Gasteiger partial charge in [0.2, 0.25) is 0 Å². The lowest BCUT2D eigenvalue weighted by Crippen LogP contribution is -2.37. The molecule has 1 N–H and O–H groups in total. The molecule has 0 bridgehead atoms. The zero-order valence-corrected chi connectivity index (χ0v) is 10.8. The average molecular weight is 229 g/mol. The first-order chi connectivity index (χ1) is 7.72. The summed E-state index contributed by atoms with van der Waals surface area (Å²) in [5.41, 5.74) is 0. The van der Waals surface area contributed by atoms with Crippen molar-refractivity contribution in [1.82, 2.24) is 4.90 Å². The van der Waals surface area contributed by atoms with Gasteiger partial charge in [-0.1, -0.05) is 0 Å². The van der Waals surface area contributed by atoms with Crippen LogP contribution >= 0.6 is 0 Å². The smallest absolute Gasteiger partial charge is 0.0599 e. The molecule has 3 heteroatoms. The minimum absolute atomic E-state index is 0.135. The first-order valence-corrected chi connectivity index (χ1v) is 6.74. The summed E-state index contributed by atoms with van der Waals surface area (Å²) >= 11 is 0. The van der Waals surface area contributed by atoms with Crippen LogP contribution in [0.4, 0.5) is 0 Å². The molecule has 1 heterocycles. The summed E-state index contributed by atoms with van der Waals surface area (Å²) in [5, 5.41) is 9.15. The molecule has 0 spiro atoms. The molecule has 1 aliphatic heterocycles. The monoisotopic (exact) mass is 229 g/mol. The third kappa shape index (κ3) is 5.83. The van der Waals surface area contributed by atoms with Gasteiger partial charge in [0.1, 0.15) is 0 Å². The first-order valence-electron chi connectivity index (χ1n) is 6.74. The lowest BCUT2D eigenvalue weighted by molar-refractivity contribution is 0.0138. The van der Waals surface area contributed by atoms with Crippen LogP contribution in [-0.2, 0) is 4.74 Å². The topological polar surface area (TPSA) is 32.7 Å². The standard InChI is InChI=1S/C13H27NO2/c1-3-16-13-7-10-14(11-8-13)9-5-4-6-12(2)15/h12-13,15H,3-11H2,1-2H3. The number of likely N-dealkylation sites (tertiary alicyclic amines) is 1. The maximum absolute atomic E-state index is 9.15. The Morgan fingerprint density at radius 1 is 1.31 bits per heavy atom. The van der Waals surface area contributed by atoms with Crippen LogP contribution in [0.15, 0.2) is 0 Å². The predicted octanol–water partition coefficient (Wildman–Crippen LogP) is 2.04. The summed E-state index contributed by atoms with van der Waals surface area (Å²) in [4.78, 5) is 2.53. The summed E-state index contributed by atoms with van der Waals surface area (Å²) in [6, 6.07) is 0. The molecule has 1 rings (SSSR count). The fourth-order valence-electron chi connectivity index (χ4n) is 2.31. The van der Waals surface area contributed by atoms with Crippen LogP contribution in [-0.4, -0.2) is 48.5 Å². The highest BCUT2D eigenvalue weighted by molar-refractivity contribution is 4.72. The van der Waals surface area contributed by atoms with Gasteiger partial charge in [-0.15, -0.1) is 0 Å². The Labute approximate surface area is 99.8 Å². The van der Waals surface area contributed by atoms with E-state index in [1.165, 1.54) is 38.9 Å². The lowest BCUT2D eigenvalue weighted by Gasteiger charge is -2.31. The Morgan fingerprint density at radius 3 is 2.56 bits per heavy atom. The third-order valence-corrected chi connectivity index (χ3v) is 3.28. The first kappa shape index (κ1) is 13.9. The number of hydrogen-bond acceptors (Lipinski definition) is 3. The van der Waals surface area contributed by atoms with Crippen LogP contribution in [0.25, 0.3) is 0 Å². The van der Waals surface area contributed by atoms with Gasteiger partial charge in [-0.3, -0.25) is 0 Å². The minimum Gasteiger partial charge on any atom is -0.393 e. The van der Waals surface area contributed by atoms with Crippen molar-refractivity contribution in [2.24, 2.45) is 0 Å². The van der Waals surface area contributed by atoms with Crippen molar-refractivity contribution in [3.8, 4) is 0 Å². The molecule has 1 fully saturated rings. The number of aliphatic hydroxyl groups is 1. The SMILES string of the molecule is CCOC1CCN(CCCCC(C)O)CC1. The zero-order chi connectivity index (χ0) is 11.8. The van der Waals surface area contributed by atoms with E-state index in [1.54, 1.807) is 0 Å². The van der Waals surface area contributed by atoms with Crippen molar-refractivity contribution in [3.63, 3.8) is 0 Å². The quantitative estimate of drug-likeness (QED) is 0.678. The van der Waals surface area contributed by atoms with Gasteiger partial charge in [-0.05, 0) is 52.5 Å². The molecule has 0 saturated carbocycles. The molecule has 0 aliphatic carbocycles. The largest absolute Gasteiger partial charge is 0.393 e. The van der Waals surface area contributed by atoms with Gasteiger partial charge in [0.05, 0.1) is 12.2 Å². The summed E-state index contributed by atoms with van der Waals surface area (Å²) in [7, 11) is 0. The second-order valence-corrected chi connectivity index (χ2v) is 4.84. The number of ether oxygens (including phenoxy) is 1. The summed E-state index contributed by atoms with van der Waals surface area (Å²) in [6.45, 7) is 8.33. The van der Waals surface area contributed by atoms with E-state index in [0.29, 0.717) is 6.10 Å². The fraction of sp³-hybridized carbons (Fsp3) is 1.00. The molecule has 0 radical (unpaired) electrons. The summed E-state index contributed by atoms with van der Waals surface area (Å²) in [5.74, 6) is 0. The van der Waals surface area contributed by atoms with Crippen molar-refractivity contribution in [3.05, 3.63) is 0 Å². The van der Waals surface area contributed by atoms with Crippen LogP contribution < -0.4 is 0 Å². The van der Waals surface area contributed by atoms with E-state index in [9.17, 15) is 0 Å². The van der Waals surface area contributed by atoms with E-state index in [-0.39, 0.29) is 6.10 Å². The molecule has 0 amide bonds. The van der Waals surface area contributed by atoms with Gasteiger partial charge >= 0.3 is 0 Å². The maximum Gasteiger partial charge on any atom is 0.0599 e. The number of rotatable bonds is 7. The Morgan fingerprint density at radius 2 is 2.00 bits per heavy atom. The molecule has 96 valence electrons. The Bertz CT molecular complexity index is 165. The second-order valence-electron chi connectivity index (χ2n) is 4.84. The Kier molecular flexibility index (Phi) is 7.01. The predicted molar refractivity (Wildman–Crippen MR) is 66.6 cm³/mol. The second kappa shape index (κ2) is 8.04. The summed E-state index contributed by atoms with van der Waals surface area (Å²) in [6.07, 6.45) is 6.03. The number of nitrogens with zero attached hydrogens (tertiary/aromatic N) is 1. The molecule has 16 heavy (non-hydrogen) atoms. The number of aliphatic hydroxyl groups excluding tert-OH is 1. The van der Waals surface area contributed by atoms with Gasteiger partial charge in [0.25, 0.3) is 0 Å². The van der Waals surface area contributed by atoms with E-state index < -0.39 is 0 Å². The maximum atomic E-state index is 9.15. The van der Waals surface area contributed by atoms with E-state index in [0.717, 1.165) is 19.4 Å².